The minimum absolute atomic E-state index is 0.0425. The summed E-state index contributed by atoms with van der Waals surface area (Å²) in [6, 6.07) is 3.60. The van der Waals surface area contributed by atoms with Crippen molar-refractivity contribution in [2.24, 2.45) is 7.05 Å². The van der Waals surface area contributed by atoms with E-state index in [1.54, 1.807) is 15.5 Å². The number of nitrogens with zero attached hydrogens (tertiary/aromatic N) is 3. The van der Waals surface area contributed by atoms with Gasteiger partial charge in [0.05, 0.1) is 6.54 Å². The number of carboxylic acid groups (broad SMARTS) is 1. The SMILES string of the molecule is Cn1cccc1C(=O)N1CCC2(CC1)CN(CC(=O)O)C(=O)O2. The third-order valence-electron chi connectivity index (χ3n) is 4.49. The lowest BCUT2D eigenvalue weighted by Gasteiger charge is -2.37. The fraction of sp³-hybridized carbons (Fsp3) is 0.533. The molecule has 1 spiro atoms. The minimum Gasteiger partial charge on any atom is -0.480 e. The largest absolute Gasteiger partial charge is 0.480 e. The molecule has 2 aliphatic heterocycles. The Morgan fingerprint density at radius 1 is 1.35 bits per heavy atom. The average Bonchev–Trinajstić information content (AvgIpc) is 3.03. The Kier molecular flexibility index (Phi) is 3.75. The lowest BCUT2D eigenvalue weighted by Crippen LogP contribution is -2.49. The van der Waals surface area contributed by atoms with Gasteiger partial charge in [0, 0.05) is 39.2 Å². The van der Waals surface area contributed by atoms with Crippen LogP contribution in [0.1, 0.15) is 23.3 Å². The number of amides is 2. The third kappa shape index (κ3) is 2.88. The maximum atomic E-state index is 12.5. The van der Waals surface area contributed by atoms with E-state index in [9.17, 15) is 14.4 Å². The van der Waals surface area contributed by atoms with Crippen molar-refractivity contribution < 1.29 is 24.2 Å². The summed E-state index contributed by atoms with van der Waals surface area (Å²) in [6.07, 6.45) is 2.27. The Morgan fingerprint density at radius 3 is 2.61 bits per heavy atom. The molecule has 1 N–H and O–H groups in total. The molecule has 2 amide bonds. The molecule has 0 atom stereocenters. The van der Waals surface area contributed by atoms with E-state index in [4.69, 9.17) is 9.84 Å². The molecule has 3 heterocycles. The van der Waals surface area contributed by atoms with Crippen molar-refractivity contribution in [2.75, 3.05) is 26.2 Å². The van der Waals surface area contributed by atoms with E-state index in [2.05, 4.69) is 0 Å². The number of carbonyl (C=O) groups excluding carboxylic acids is 2. The maximum absolute atomic E-state index is 12.5. The van der Waals surface area contributed by atoms with E-state index >= 15 is 0 Å². The Labute approximate surface area is 133 Å². The van der Waals surface area contributed by atoms with Crippen molar-refractivity contribution in [3.8, 4) is 0 Å². The molecule has 8 heteroatoms. The zero-order chi connectivity index (χ0) is 16.6. The van der Waals surface area contributed by atoms with Crippen LogP contribution in [0.25, 0.3) is 0 Å². The maximum Gasteiger partial charge on any atom is 0.411 e. The molecule has 0 saturated carbocycles. The highest BCUT2D eigenvalue weighted by atomic mass is 16.6. The van der Waals surface area contributed by atoms with Gasteiger partial charge in [0.1, 0.15) is 17.8 Å². The van der Waals surface area contributed by atoms with E-state index in [0.717, 1.165) is 0 Å². The van der Waals surface area contributed by atoms with Crippen LogP contribution in [0.4, 0.5) is 4.79 Å². The smallest absolute Gasteiger partial charge is 0.411 e. The molecule has 0 aromatic carbocycles. The fourth-order valence-corrected chi connectivity index (χ4v) is 3.20. The second-order valence-electron chi connectivity index (χ2n) is 6.10. The van der Waals surface area contributed by atoms with Gasteiger partial charge in [0.25, 0.3) is 5.91 Å². The number of hydrogen-bond donors (Lipinski definition) is 1. The number of ether oxygens (including phenoxy) is 1. The van der Waals surface area contributed by atoms with Crippen LogP contribution in [0, 0.1) is 0 Å². The summed E-state index contributed by atoms with van der Waals surface area (Å²) >= 11 is 0. The van der Waals surface area contributed by atoms with Crippen LogP contribution >= 0.6 is 0 Å². The molecule has 1 aromatic rings. The van der Waals surface area contributed by atoms with Crippen molar-refractivity contribution in [3.63, 3.8) is 0 Å². The lowest BCUT2D eigenvalue weighted by atomic mass is 9.91. The third-order valence-corrected chi connectivity index (χ3v) is 4.49. The van der Waals surface area contributed by atoms with E-state index in [1.807, 2.05) is 19.3 Å². The molecular weight excluding hydrogens is 302 g/mol. The summed E-state index contributed by atoms with van der Waals surface area (Å²) in [5.41, 5.74) is -0.0470. The first-order valence-corrected chi connectivity index (χ1v) is 7.50. The first-order valence-electron chi connectivity index (χ1n) is 7.50. The number of likely N-dealkylation sites (tertiary alicyclic amines) is 1. The second-order valence-corrected chi connectivity index (χ2v) is 6.10. The number of rotatable bonds is 3. The number of aliphatic carboxylic acids is 1. The van der Waals surface area contributed by atoms with E-state index in [-0.39, 0.29) is 19.0 Å². The molecule has 2 aliphatic rings. The molecule has 2 fully saturated rings. The Balaban J connectivity index is 1.63. The van der Waals surface area contributed by atoms with E-state index < -0.39 is 17.7 Å². The Bertz CT molecular complexity index is 645. The van der Waals surface area contributed by atoms with Gasteiger partial charge in [-0.05, 0) is 12.1 Å². The number of hydrogen-bond acceptors (Lipinski definition) is 4. The highest BCUT2D eigenvalue weighted by molar-refractivity contribution is 5.92. The normalized spacial score (nSPS) is 20.0. The molecular formula is C15H19N3O5. The molecule has 0 radical (unpaired) electrons. The fourth-order valence-electron chi connectivity index (χ4n) is 3.20. The van der Waals surface area contributed by atoms with Crippen molar-refractivity contribution >= 4 is 18.0 Å². The van der Waals surface area contributed by atoms with E-state index in [1.165, 1.54) is 4.90 Å². The molecule has 23 heavy (non-hydrogen) atoms. The van der Waals surface area contributed by atoms with Crippen LogP contribution in [0.3, 0.4) is 0 Å². The van der Waals surface area contributed by atoms with Crippen molar-refractivity contribution in [2.45, 2.75) is 18.4 Å². The Hall–Kier alpha value is -2.51. The van der Waals surface area contributed by atoms with Crippen LogP contribution in [-0.2, 0) is 16.6 Å². The van der Waals surface area contributed by atoms with Gasteiger partial charge in [-0.15, -0.1) is 0 Å². The number of aryl methyl sites for hydroxylation is 1. The standard InChI is InChI=1S/C15H19N3O5/c1-16-6-2-3-11(16)13(21)17-7-4-15(5-8-17)10-18(9-12(19)20)14(22)23-15/h2-3,6H,4-5,7-10H2,1H3,(H,19,20). The lowest BCUT2D eigenvalue weighted by molar-refractivity contribution is -0.137. The molecule has 8 nitrogen and oxygen atoms in total. The summed E-state index contributed by atoms with van der Waals surface area (Å²) in [7, 11) is 1.82. The summed E-state index contributed by atoms with van der Waals surface area (Å²) in [6.45, 7) is 0.882. The summed E-state index contributed by atoms with van der Waals surface area (Å²) in [4.78, 5) is 38.0. The zero-order valence-corrected chi connectivity index (χ0v) is 12.9. The average molecular weight is 321 g/mol. The molecule has 0 aliphatic carbocycles. The van der Waals surface area contributed by atoms with Gasteiger partial charge in [0.2, 0.25) is 0 Å². The van der Waals surface area contributed by atoms with Gasteiger partial charge in [0.15, 0.2) is 0 Å². The van der Waals surface area contributed by atoms with Crippen molar-refractivity contribution in [3.05, 3.63) is 24.0 Å². The number of carbonyl (C=O) groups is 3. The van der Waals surface area contributed by atoms with Gasteiger partial charge >= 0.3 is 12.1 Å². The van der Waals surface area contributed by atoms with Crippen molar-refractivity contribution in [1.82, 2.24) is 14.4 Å². The molecule has 0 unspecified atom stereocenters. The molecule has 124 valence electrons. The number of piperidine rings is 1. The van der Waals surface area contributed by atoms with Crippen LogP contribution in [0.15, 0.2) is 18.3 Å². The summed E-state index contributed by atoms with van der Waals surface area (Å²) < 4.78 is 7.20. The first-order chi connectivity index (χ1) is 10.9. The predicted octanol–water partition coefficient (Wildman–Crippen LogP) is 0.537. The van der Waals surface area contributed by atoms with Gasteiger partial charge < -0.3 is 19.3 Å². The van der Waals surface area contributed by atoms with Gasteiger partial charge in [-0.3, -0.25) is 14.5 Å². The highest BCUT2D eigenvalue weighted by Gasteiger charge is 2.48. The van der Waals surface area contributed by atoms with Crippen LogP contribution in [0.5, 0.6) is 0 Å². The quantitative estimate of drug-likeness (QED) is 0.877. The molecule has 3 rings (SSSR count). The topological polar surface area (TPSA) is 92.1 Å². The molecule has 2 saturated heterocycles. The van der Waals surface area contributed by atoms with Crippen molar-refractivity contribution in [1.29, 1.82) is 0 Å². The summed E-state index contributed by atoms with van der Waals surface area (Å²) in [5.74, 6) is -1.10. The zero-order valence-electron chi connectivity index (χ0n) is 12.9. The minimum atomic E-state index is -1.06. The van der Waals surface area contributed by atoms with Crippen LogP contribution < -0.4 is 0 Å². The van der Waals surface area contributed by atoms with Crippen LogP contribution in [0.2, 0.25) is 0 Å². The number of aromatic nitrogens is 1. The first kappa shape index (κ1) is 15.4. The highest BCUT2D eigenvalue weighted by Crippen LogP contribution is 2.33. The number of carboxylic acids is 1. The summed E-state index contributed by atoms with van der Waals surface area (Å²) in [5, 5.41) is 8.82. The van der Waals surface area contributed by atoms with Crippen LogP contribution in [-0.4, -0.2) is 69.2 Å². The van der Waals surface area contributed by atoms with Gasteiger partial charge in [-0.2, -0.15) is 0 Å². The monoisotopic (exact) mass is 321 g/mol. The predicted molar refractivity (Wildman–Crippen MR) is 79.0 cm³/mol. The molecule has 0 bridgehead atoms. The molecule has 1 aromatic heterocycles. The van der Waals surface area contributed by atoms with Gasteiger partial charge in [-0.25, -0.2) is 4.79 Å². The van der Waals surface area contributed by atoms with Gasteiger partial charge in [-0.1, -0.05) is 0 Å². The van der Waals surface area contributed by atoms with E-state index in [0.29, 0.717) is 31.6 Å². The second kappa shape index (κ2) is 5.60. The Morgan fingerprint density at radius 2 is 2.04 bits per heavy atom.